The van der Waals surface area contributed by atoms with Crippen LogP contribution in [0.5, 0.6) is 0 Å². The quantitative estimate of drug-likeness (QED) is 0.258. The largest absolute Gasteiger partial charge is 0.463 e. The van der Waals surface area contributed by atoms with E-state index >= 15 is 0 Å². The molecule has 4 atom stereocenters. The van der Waals surface area contributed by atoms with Crippen molar-refractivity contribution in [3.63, 3.8) is 0 Å². The van der Waals surface area contributed by atoms with Crippen LogP contribution in [0.2, 0.25) is 0 Å². The van der Waals surface area contributed by atoms with Crippen LogP contribution in [0.25, 0.3) is 0 Å². The molecule has 0 radical (unpaired) electrons. The Labute approximate surface area is 203 Å². The maximum atomic E-state index is 12.8. The van der Waals surface area contributed by atoms with Gasteiger partial charge in [0, 0.05) is 33.4 Å². The number of esters is 3. The Bertz CT molecular complexity index is 962. The van der Waals surface area contributed by atoms with Crippen LogP contribution in [-0.2, 0) is 38.1 Å². The number of ether oxygens (including phenoxy) is 4. The van der Waals surface area contributed by atoms with Gasteiger partial charge in [-0.2, -0.15) is 4.98 Å². The molecule has 12 nitrogen and oxygen atoms in total. The molecule has 1 amide bonds. The number of nitrogens with one attached hydrogen (secondary N) is 1. The highest BCUT2D eigenvalue weighted by atomic mass is 16.7. The van der Waals surface area contributed by atoms with Gasteiger partial charge < -0.3 is 24.3 Å². The molecule has 0 saturated carbocycles. The van der Waals surface area contributed by atoms with E-state index in [-0.39, 0.29) is 18.3 Å². The molecule has 2 heterocycles. The van der Waals surface area contributed by atoms with Gasteiger partial charge in [-0.05, 0) is 12.5 Å². The first-order chi connectivity index (χ1) is 16.6. The molecule has 0 unspecified atom stereocenters. The summed E-state index contributed by atoms with van der Waals surface area (Å²) in [5, 5.41) is 2.59. The number of hydrogen-bond donors (Lipinski definition) is 1. The van der Waals surface area contributed by atoms with Crippen LogP contribution in [0.3, 0.4) is 0 Å². The molecule has 1 aromatic rings. The SMILES string of the molecule is CCCCCCCC(=O)Nc1ccn([C@@H]2O[C@H](COC(C)=O)[C@@H](OC(C)=O)[C@H]2OC(C)=O)c(=O)n1. The van der Waals surface area contributed by atoms with Crippen LogP contribution in [0, 0.1) is 0 Å². The maximum Gasteiger partial charge on any atom is 0.351 e. The molecule has 194 valence electrons. The van der Waals surface area contributed by atoms with E-state index in [1.165, 1.54) is 19.2 Å². The lowest BCUT2D eigenvalue weighted by atomic mass is 10.1. The number of amides is 1. The first-order valence-electron chi connectivity index (χ1n) is 11.6. The Kier molecular flexibility index (Phi) is 10.8. The molecule has 1 fully saturated rings. The first kappa shape index (κ1) is 28.0. The molecule has 0 spiro atoms. The van der Waals surface area contributed by atoms with E-state index in [0.717, 1.165) is 50.5 Å². The molecule has 0 aliphatic carbocycles. The fourth-order valence-corrected chi connectivity index (χ4v) is 3.69. The van der Waals surface area contributed by atoms with Gasteiger partial charge in [-0.1, -0.05) is 32.6 Å². The minimum absolute atomic E-state index is 0.0693. The lowest BCUT2D eigenvalue weighted by Gasteiger charge is -2.23. The number of nitrogens with zero attached hydrogens (tertiary/aromatic N) is 2. The van der Waals surface area contributed by atoms with Crippen molar-refractivity contribution in [2.24, 2.45) is 0 Å². The van der Waals surface area contributed by atoms with E-state index in [9.17, 15) is 24.0 Å². The number of carbonyl (C=O) groups is 4. The van der Waals surface area contributed by atoms with Gasteiger partial charge in [-0.25, -0.2) is 4.79 Å². The molecule has 35 heavy (non-hydrogen) atoms. The number of rotatable bonds is 12. The van der Waals surface area contributed by atoms with Gasteiger partial charge in [-0.15, -0.1) is 0 Å². The minimum Gasteiger partial charge on any atom is -0.463 e. The standard InChI is InChI=1S/C23H33N3O9/c1-5-6-7-8-9-10-19(30)24-18-11-12-26(23(31)25-18)22-21(34-16(4)29)20(33-15(3)28)17(35-22)13-32-14(2)27/h11-12,17,20-22H,5-10,13H2,1-4H3,(H,24,25,30,31)/t17-,20-,21-,22-/m1/s1. The topological polar surface area (TPSA) is 152 Å². The lowest BCUT2D eigenvalue weighted by molar-refractivity contribution is -0.166. The van der Waals surface area contributed by atoms with E-state index in [0.29, 0.717) is 6.42 Å². The summed E-state index contributed by atoms with van der Waals surface area (Å²) in [5.41, 5.74) is -0.789. The second kappa shape index (κ2) is 13.6. The van der Waals surface area contributed by atoms with Gasteiger partial charge in [0.05, 0.1) is 0 Å². The third-order valence-corrected chi connectivity index (χ3v) is 5.22. The van der Waals surface area contributed by atoms with Crippen molar-refractivity contribution < 1.29 is 38.1 Å². The molecule has 2 rings (SSSR count). The number of carbonyl (C=O) groups excluding carboxylic acids is 4. The van der Waals surface area contributed by atoms with E-state index < -0.39 is 48.1 Å². The lowest BCUT2D eigenvalue weighted by Crippen LogP contribution is -2.41. The van der Waals surface area contributed by atoms with Gasteiger partial charge in [0.15, 0.2) is 18.4 Å². The summed E-state index contributed by atoms with van der Waals surface area (Å²) in [6.45, 7) is 5.33. The van der Waals surface area contributed by atoms with Crippen LogP contribution in [0.1, 0.15) is 72.4 Å². The predicted octanol–water partition coefficient (Wildman–Crippen LogP) is 1.87. The van der Waals surface area contributed by atoms with Crippen LogP contribution in [0.15, 0.2) is 17.1 Å². The third-order valence-electron chi connectivity index (χ3n) is 5.22. The Hall–Kier alpha value is -3.28. The van der Waals surface area contributed by atoms with Crippen molar-refractivity contribution in [3.05, 3.63) is 22.7 Å². The van der Waals surface area contributed by atoms with E-state index in [2.05, 4.69) is 17.2 Å². The van der Waals surface area contributed by atoms with Gasteiger partial charge in [0.2, 0.25) is 5.91 Å². The summed E-state index contributed by atoms with van der Waals surface area (Å²) in [7, 11) is 0. The molecule has 1 saturated heterocycles. The summed E-state index contributed by atoms with van der Waals surface area (Å²) in [6, 6.07) is 1.41. The minimum atomic E-state index is -1.22. The van der Waals surface area contributed by atoms with Crippen molar-refractivity contribution in [2.75, 3.05) is 11.9 Å². The molecule has 0 aromatic carbocycles. The molecular formula is C23H33N3O9. The molecule has 1 N–H and O–H groups in total. The van der Waals surface area contributed by atoms with E-state index in [1.807, 2.05) is 0 Å². The highest BCUT2D eigenvalue weighted by Crippen LogP contribution is 2.33. The van der Waals surface area contributed by atoms with Crippen LogP contribution in [0.4, 0.5) is 5.82 Å². The summed E-state index contributed by atoms with van der Waals surface area (Å²) in [6.07, 6.45) is 2.07. The monoisotopic (exact) mass is 495 g/mol. The van der Waals surface area contributed by atoms with Crippen LogP contribution in [-0.4, -0.2) is 58.3 Å². The third kappa shape index (κ3) is 8.78. The molecule has 1 aliphatic rings. The Morgan fingerprint density at radius 3 is 2.26 bits per heavy atom. The van der Waals surface area contributed by atoms with Gasteiger partial charge in [-0.3, -0.25) is 23.7 Å². The zero-order valence-electron chi connectivity index (χ0n) is 20.5. The van der Waals surface area contributed by atoms with Crippen molar-refractivity contribution in [2.45, 2.75) is 90.8 Å². The number of aromatic nitrogens is 2. The fraction of sp³-hybridized carbons (Fsp3) is 0.652. The maximum absolute atomic E-state index is 12.8. The number of unbranched alkanes of at least 4 members (excludes halogenated alkanes) is 4. The Balaban J connectivity index is 2.18. The van der Waals surface area contributed by atoms with Crippen molar-refractivity contribution in [1.29, 1.82) is 0 Å². The molecule has 1 aliphatic heterocycles. The average molecular weight is 496 g/mol. The first-order valence-corrected chi connectivity index (χ1v) is 11.6. The number of anilines is 1. The zero-order valence-corrected chi connectivity index (χ0v) is 20.5. The van der Waals surface area contributed by atoms with Crippen LogP contribution >= 0.6 is 0 Å². The second-order valence-electron chi connectivity index (χ2n) is 8.23. The normalized spacial score (nSPS) is 21.3. The number of hydrogen-bond acceptors (Lipinski definition) is 10. The van der Waals surface area contributed by atoms with Gasteiger partial charge in [0.1, 0.15) is 18.5 Å². The Morgan fingerprint density at radius 1 is 1.00 bits per heavy atom. The van der Waals surface area contributed by atoms with Crippen LogP contribution < -0.4 is 11.0 Å². The van der Waals surface area contributed by atoms with E-state index in [1.54, 1.807) is 0 Å². The summed E-state index contributed by atoms with van der Waals surface area (Å²) in [5.74, 6) is -2.15. The van der Waals surface area contributed by atoms with Gasteiger partial charge >= 0.3 is 23.6 Å². The summed E-state index contributed by atoms with van der Waals surface area (Å²) < 4.78 is 22.4. The highest BCUT2D eigenvalue weighted by molar-refractivity contribution is 5.89. The fourth-order valence-electron chi connectivity index (χ4n) is 3.69. The van der Waals surface area contributed by atoms with Gasteiger partial charge in [0.25, 0.3) is 0 Å². The highest BCUT2D eigenvalue weighted by Gasteiger charge is 2.50. The summed E-state index contributed by atoms with van der Waals surface area (Å²) >= 11 is 0. The molecule has 0 bridgehead atoms. The molecular weight excluding hydrogens is 462 g/mol. The Morgan fingerprint density at radius 2 is 1.66 bits per heavy atom. The van der Waals surface area contributed by atoms with Crippen molar-refractivity contribution >= 4 is 29.6 Å². The zero-order chi connectivity index (χ0) is 26.0. The van der Waals surface area contributed by atoms with Crippen molar-refractivity contribution in [1.82, 2.24) is 9.55 Å². The second-order valence-corrected chi connectivity index (χ2v) is 8.23. The van der Waals surface area contributed by atoms with E-state index in [4.69, 9.17) is 18.9 Å². The average Bonchev–Trinajstić information content (AvgIpc) is 3.08. The summed E-state index contributed by atoms with van der Waals surface area (Å²) in [4.78, 5) is 63.4. The van der Waals surface area contributed by atoms with Crippen molar-refractivity contribution in [3.8, 4) is 0 Å². The molecule has 1 aromatic heterocycles. The smallest absolute Gasteiger partial charge is 0.351 e. The molecule has 12 heteroatoms. The predicted molar refractivity (Wildman–Crippen MR) is 122 cm³/mol.